The van der Waals surface area contributed by atoms with E-state index in [0.29, 0.717) is 6.54 Å². The SMILES string of the molecule is C=CSC(=C)CN1CCc2c(C3=NC/C=C\C(C)=C/CN3)n[nH]c2C1.CC.CC. The number of aromatic amines is 1. The third-order valence-corrected chi connectivity index (χ3v) is 4.94. The molecule has 2 N–H and O–H groups in total. The first-order valence-corrected chi connectivity index (χ1v) is 11.4. The molecule has 1 aromatic heterocycles. The van der Waals surface area contributed by atoms with Crippen LogP contribution in [0.25, 0.3) is 0 Å². The average Bonchev–Trinajstić information content (AvgIpc) is 3.19. The Hall–Kier alpha value is -2.05. The molecule has 0 aliphatic carbocycles. The average molecular weight is 416 g/mol. The summed E-state index contributed by atoms with van der Waals surface area (Å²) in [5, 5.41) is 13.0. The van der Waals surface area contributed by atoms with Gasteiger partial charge in [0, 0.05) is 31.7 Å². The highest BCUT2D eigenvalue weighted by Crippen LogP contribution is 2.23. The van der Waals surface area contributed by atoms with Gasteiger partial charge in [-0.3, -0.25) is 15.0 Å². The van der Waals surface area contributed by atoms with Gasteiger partial charge in [-0.15, -0.1) is 11.8 Å². The van der Waals surface area contributed by atoms with Gasteiger partial charge in [0.15, 0.2) is 0 Å². The first kappa shape index (κ1) is 25.0. The van der Waals surface area contributed by atoms with E-state index < -0.39 is 0 Å². The minimum atomic E-state index is 0.667. The van der Waals surface area contributed by atoms with Gasteiger partial charge in [-0.05, 0) is 23.7 Å². The van der Waals surface area contributed by atoms with Crippen molar-refractivity contribution >= 4 is 17.6 Å². The number of fused-ring (bicyclic) bond motifs is 1. The number of hydrogen-bond donors (Lipinski definition) is 2. The maximum Gasteiger partial charge on any atom is 0.150 e. The van der Waals surface area contributed by atoms with E-state index >= 15 is 0 Å². The van der Waals surface area contributed by atoms with E-state index in [0.717, 1.165) is 49.0 Å². The predicted octanol–water partition coefficient (Wildman–Crippen LogP) is 5.06. The summed E-state index contributed by atoms with van der Waals surface area (Å²) in [6.45, 7) is 22.1. The van der Waals surface area contributed by atoms with Crippen LogP contribution < -0.4 is 5.32 Å². The summed E-state index contributed by atoms with van der Waals surface area (Å²) in [6, 6.07) is 0. The Morgan fingerprint density at radius 1 is 1.31 bits per heavy atom. The molecule has 0 amide bonds. The molecular formula is C23H37N5S. The molecule has 1 aromatic rings. The normalized spacial score (nSPS) is 18.9. The topological polar surface area (TPSA) is 56.3 Å². The lowest BCUT2D eigenvalue weighted by Gasteiger charge is -2.27. The summed E-state index contributed by atoms with van der Waals surface area (Å²) in [4.78, 5) is 8.19. The monoisotopic (exact) mass is 415 g/mol. The number of aromatic nitrogens is 2. The molecule has 2 aliphatic rings. The second-order valence-electron chi connectivity index (χ2n) is 6.23. The lowest BCUT2D eigenvalue weighted by molar-refractivity contribution is 0.277. The fourth-order valence-corrected chi connectivity index (χ4v) is 3.58. The highest BCUT2D eigenvalue weighted by Gasteiger charge is 2.24. The van der Waals surface area contributed by atoms with Gasteiger partial charge in [-0.1, -0.05) is 64.7 Å². The van der Waals surface area contributed by atoms with Gasteiger partial charge in [0.05, 0.1) is 12.2 Å². The lowest BCUT2D eigenvalue weighted by Crippen LogP contribution is -2.33. The number of rotatable bonds is 5. The summed E-state index contributed by atoms with van der Waals surface area (Å²) in [5.74, 6) is 0.883. The number of nitrogens with zero attached hydrogens (tertiary/aromatic N) is 3. The van der Waals surface area contributed by atoms with Crippen LogP contribution >= 0.6 is 11.8 Å². The Labute approximate surface area is 181 Å². The standard InChI is InChI=1S/C19H25N5S.2C2H6/c1-4-25-15(3)12-24-11-8-16-17(13-24)22-23-18(16)19-20-9-5-6-14(2)7-10-21-19;2*1-2/h4-7H,1,3,8-13H2,2H3,(H,20,21)(H,22,23);2*1-2H3/b6-5-,14-7-;;. The molecule has 5 nitrogen and oxygen atoms in total. The summed E-state index contributed by atoms with van der Waals surface area (Å²) in [5.41, 5.74) is 4.69. The van der Waals surface area contributed by atoms with Crippen LogP contribution in [-0.2, 0) is 13.0 Å². The molecule has 0 atom stereocenters. The van der Waals surface area contributed by atoms with Crippen molar-refractivity contribution < 1.29 is 0 Å². The lowest BCUT2D eigenvalue weighted by atomic mass is 10.0. The van der Waals surface area contributed by atoms with E-state index in [1.54, 1.807) is 11.8 Å². The molecule has 0 saturated carbocycles. The number of allylic oxidation sites excluding steroid dienone is 2. The van der Waals surface area contributed by atoms with Gasteiger partial charge < -0.3 is 5.32 Å². The van der Waals surface area contributed by atoms with Crippen molar-refractivity contribution in [1.82, 2.24) is 20.4 Å². The Morgan fingerprint density at radius 3 is 2.79 bits per heavy atom. The number of H-pyrrole nitrogens is 1. The molecule has 0 radical (unpaired) electrons. The molecule has 0 aromatic carbocycles. The van der Waals surface area contributed by atoms with Crippen LogP contribution in [0.2, 0.25) is 0 Å². The fourth-order valence-electron chi connectivity index (χ4n) is 3.08. The molecule has 2 aliphatic heterocycles. The smallest absolute Gasteiger partial charge is 0.150 e. The zero-order valence-corrected chi connectivity index (χ0v) is 19.5. The van der Waals surface area contributed by atoms with Crippen molar-refractivity contribution in [2.45, 2.75) is 47.6 Å². The van der Waals surface area contributed by atoms with Crippen LogP contribution in [0.15, 0.2) is 52.3 Å². The van der Waals surface area contributed by atoms with Crippen molar-refractivity contribution in [3.63, 3.8) is 0 Å². The van der Waals surface area contributed by atoms with Crippen molar-refractivity contribution in [2.75, 3.05) is 26.2 Å². The third kappa shape index (κ3) is 7.71. The highest BCUT2D eigenvalue weighted by molar-refractivity contribution is 8.05. The maximum absolute atomic E-state index is 4.68. The zero-order valence-electron chi connectivity index (χ0n) is 18.7. The second kappa shape index (κ2) is 14.0. The highest BCUT2D eigenvalue weighted by atomic mass is 32.2. The first-order chi connectivity index (χ1) is 14.2. The van der Waals surface area contributed by atoms with E-state index in [9.17, 15) is 0 Å². The van der Waals surface area contributed by atoms with Crippen LogP contribution in [0.4, 0.5) is 0 Å². The van der Waals surface area contributed by atoms with Gasteiger partial charge in [0.1, 0.15) is 11.5 Å². The molecule has 0 unspecified atom stereocenters. The van der Waals surface area contributed by atoms with E-state index in [2.05, 4.69) is 63.7 Å². The van der Waals surface area contributed by atoms with Crippen LogP contribution in [0.5, 0.6) is 0 Å². The summed E-state index contributed by atoms with van der Waals surface area (Å²) in [6.07, 6.45) is 7.34. The maximum atomic E-state index is 4.68. The minimum Gasteiger partial charge on any atom is -0.365 e. The number of thioether (sulfide) groups is 1. The molecule has 0 fully saturated rings. The fraction of sp³-hybridized carbons (Fsp3) is 0.478. The van der Waals surface area contributed by atoms with Crippen LogP contribution in [0, 0.1) is 0 Å². The van der Waals surface area contributed by atoms with Gasteiger partial charge >= 0.3 is 0 Å². The van der Waals surface area contributed by atoms with E-state index in [1.165, 1.54) is 16.8 Å². The summed E-state index contributed by atoms with van der Waals surface area (Å²) >= 11 is 1.60. The molecule has 160 valence electrons. The van der Waals surface area contributed by atoms with Crippen molar-refractivity contribution in [3.05, 3.63) is 64.2 Å². The van der Waals surface area contributed by atoms with Crippen LogP contribution in [0.1, 0.15) is 51.6 Å². The Bertz CT molecular complexity index is 742. The van der Waals surface area contributed by atoms with E-state index in [-0.39, 0.29) is 0 Å². The van der Waals surface area contributed by atoms with Crippen molar-refractivity contribution in [3.8, 4) is 0 Å². The molecule has 0 saturated heterocycles. The Morgan fingerprint density at radius 2 is 2.07 bits per heavy atom. The van der Waals surface area contributed by atoms with Gasteiger partial charge in [0.2, 0.25) is 0 Å². The third-order valence-electron chi connectivity index (χ3n) is 4.32. The van der Waals surface area contributed by atoms with Gasteiger partial charge in [0.25, 0.3) is 0 Å². The quantitative estimate of drug-likeness (QED) is 0.705. The Balaban J connectivity index is 0.000000989. The zero-order chi connectivity index (χ0) is 21.6. The minimum absolute atomic E-state index is 0.667. The summed E-state index contributed by atoms with van der Waals surface area (Å²) < 4.78 is 0. The largest absolute Gasteiger partial charge is 0.365 e. The van der Waals surface area contributed by atoms with E-state index in [4.69, 9.17) is 0 Å². The number of hydrogen-bond acceptors (Lipinski definition) is 5. The number of aliphatic imine (C=N–C) groups is 1. The van der Waals surface area contributed by atoms with Crippen molar-refractivity contribution in [1.29, 1.82) is 0 Å². The molecule has 0 spiro atoms. The molecule has 0 bridgehead atoms. The van der Waals surface area contributed by atoms with Crippen molar-refractivity contribution in [2.24, 2.45) is 4.99 Å². The van der Waals surface area contributed by atoms with Crippen LogP contribution in [-0.4, -0.2) is 47.1 Å². The van der Waals surface area contributed by atoms with Gasteiger partial charge in [-0.2, -0.15) is 5.10 Å². The molecule has 3 heterocycles. The van der Waals surface area contributed by atoms with Gasteiger partial charge in [-0.25, -0.2) is 0 Å². The second-order valence-corrected chi connectivity index (χ2v) is 7.38. The molecule has 3 rings (SSSR count). The summed E-state index contributed by atoms with van der Waals surface area (Å²) in [7, 11) is 0. The van der Waals surface area contributed by atoms with E-state index in [1.807, 2.05) is 33.1 Å². The molecule has 6 heteroatoms. The number of nitrogens with one attached hydrogen (secondary N) is 2. The number of amidine groups is 1. The molecule has 29 heavy (non-hydrogen) atoms. The first-order valence-electron chi connectivity index (χ1n) is 10.5. The predicted molar refractivity (Wildman–Crippen MR) is 129 cm³/mol. The van der Waals surface area contributed by atoms with Crippen LogP contribution in [0.3, 0.4) is 0 Å². The molecular weight excluding hydrogens is 378 g/mol. The Kier molecular flexibility index (Phi) is 12.1.